The summed E-state index contributed by atoms with van der Waals surface area (Å²) in [6.45, 7) is 2.96. The van der Waals surface area contributed by atoms with Crippen molar-refractivity contribution in [3.05, 3.63) is 11.1 Å². The van der Waals surface area contributed by atoms with Gasteiger partial charge in [-0.1, -0.05) is 0 Å². The summed E-state index contributed by atoms with van der Waals surface area (Å²) in [4.78, 5) is 18.5. The Morgan fingerprint density at radius 2 is 1.75 bits per heavy atom. The van der Waals surface area contributed by atoms with Gasteiger partial charge in [-0.15, -0.1) is 11.3 Å². The van der Waals surface area contributed by atoms with Crippen molar-refractivity contribution in [2.75, 3.05) is 51.6 Å². The van der Waals surface area contributed by atoms with Crippen molar-refractivity contribution in [2.45, 2.75) is 19.3 Å². The van der Waals surface area contributed by atoms with Gasteiger partial charge in [0.2, 0.25) is 0 Å². The molecule has 1 aromatic rings. The van der Waals surface area contributed by atoms with Crippen molar-refractivity contribution in [3.63, 3.8) is 0 Å². The fourth-order valence-corrected chi connectivity index (χ4v) is 5.42. The highest BCUT2D eigenvalue weighted by atomic mass is 32.2. The molecule has 3 rings (SSSR count). The van der Waals surface area contributed by atoms with Crippen LogP contribution in [0.3, 0.4) is 0 Å². The molecule has 3 heterocycles. The third-order valence-electron chi connectivity index (χ3n) is 4.40. The molecule has 0 aliphatic carbocycles. The summed E-state index contributed by atoms with van der Waals surface area (Å²) in [5, 5.41) is 5.35. The summed E-state index contributed by atoms with van der Waals surface area (Å²) in [6, 6.07) is 0. The van der Waals surface area contributed by atoms with Crippen LogP contribution in [0.4, 0.5) is 5.13 Å². The second-order valence-corrected chi connectivity index (χ2v) is 8.73. The molecule has 0 unspecified atom stereocenters. The first-order valence-corrected chi connectivity index (χ1v) is 10.5. The van der Waals surface area contributed by atoms with E-state index in [0.717, 1.165) is 12.8 Å². The molecule has 134 valence electrons. The van der Waals surface area contributed by atoms with Crippen LogP contribution in [-0.4, -0.2) is 79.1 Å². The summed E-state index contributed by atoms with van der Waals surface area (Å²) >= 11 is 1.39. The fourth-order valence-electron chi connectivity index (χ4n) is 3.06. The lowest BCUT2D eigenvalue weighted by Crippen LogP contribution is -2.44. The topological polar surface area (TPSA) is 85.9 Å². The molecule has 8 nitrogen and oxygen atoms in total. The number of amides is 1. The second-order valence-electron chi connectivity index (χ2n) is 5.95. The fraction of sp³-hybridized carbons (Fsp3) is 0.714. The average molecular weight is 374 g/mol. The number of carbonyl (C=O) groups is 1. The van der Waals surface area contributed by atoms with Gasteiger partial charge in [-0.2, -0.15) is 17.0 Å². The van der Waals surface area contributed by atoms with Crippen LogP contribution in [0.15, 0.2) is 5.38 Å². The molecule has 1 N–H and O–H groups in total. The van der Waals surface area contributed by atoms with Gasteiger partial charge in [0, 0.05) is 51.7 Å². The van der Waals surface area contributed by atoms with E-state index in [1.54, 1.807) is 21.6 Å². The molecule has 2 aliphatic rings. The Labute approximate surface area is 146 Å². The van der Waals surface area contributed by atoms with E-state index in [4.69, 9.17) is 0 Å². The van der Waals surface area contributed by atoms with Gasteiger partial charge in [0.15, 0.2) is 5.13 Å². The monoisotopic (exact) mass is 373 g/mol. The van der Waals surface area contributed by atoms with Gasteiger partial charge < -0.3 is 10.2 Å². The molecule has 0 saturated carbocycles. The average Bonchev–Trinajstić information content (AvgIpc) is 3.21. The highest BCUT2D eigenvalue weighted by molar-refractivity contribution is 7.86. The molecular formula is C14H23N5O3S2. The first-order chi connectivity index (χ1) is 11.5. The van der Waals surface area contributed by atoms with Crippen LogP contribution in [0.1, 0.15) is 29.8 Å². The van der Waals surface area contributed by atoms with E-state index >= 15 is 0 Å². The predicted molar refractivity (Wildman–Crippen MR) is 93.5 cm³/mol. The smallest absolute Gasteiger partial charge is 0.282 e. The molecule has 1 amide bonds. The number of hydrogen-bond acceptors (Lipinski definition) is 6. The predicted octanol–water partition coefficient (Wildman–Crippen LogP) is 0.673. The first kappa shape index (κ1) is 17.6. The Kier molecular flexibility index (Phi) is 5.38. The van der Waals surface area contributed by atoms with Crippen molar-refractivity contribution < 1.29 is 13.2 Å². The Bertz CT molecular complexity index is 684. The molecule has 0 spiro atoms. The molecule has 0 atom stereocenters. The van der Waals surface area contributed by atoms with Crippen molar-refractivity contribution >= 4 is 32.6 Å². The first-order valence-electron chi connectivity index (χ1n) is 8.20. The standard InChI is InChI=1S/C14H23N5O3S2/c1-15-14-16-12(11-23-14)13(20)17-5-4-8-19(10-9-17)24(21,22)18-6-2-3-7-18/h11H,2-10H2,1H3,(H,15,16). The van der Waals surface area contributed by atoms with E-state index < -0.39 is 10.2 Å². The van der Waals surface area contributed by atoms with Crippen molar-refractivity contribution in [1.29, 1.82) is 0 Å². The number of anilines is 1. The molecule has 10 heteroatoms. The zero-order valence-electron chi connectivity index (χ0n) is 13.8. The summed E-state index contributed by atoms with van der Waals surface area (Å²) in [7, 11) is -1.63. The van der Waals surface area contributed by atoms with E-state index in [9.17, 15) is 13.2 Å². The summed E-state index contributed by atoms with van der Waals surface area (Å²) in [5.74, 6) is -0.131. The lowest BCUT2D eigenvalue weighted by molar-refractivity contribution is 0.0759. The van der Waals surface area contributed by atoms with Gasteiger partial charge in [0.1, 0.15) is 5.69 Å². The summed E-state index contributed by atoms with van der Waals surface area (Å²) < 4.78 is 28.4. The molecule has 1 aromatic heterocycles. The number of carbonyl (C=O) groups excluding carboxylic acids is 1. The molecule has 2 saturated heterocycles. The molecule has 0 aromatic carbocycles. The van der Waals surface area contributed by atoms with Gasteiger partial charge in [0.05, 0.1) is 0 Å². The van der Waals surface area contributed by atoms with Crippen LogP contribution in [-0.2, 0) is 10.2 Å². The number of rotatable bonds is 4. The Morgan fingerprint density at radius 3 is 2.42 bits per heavy atom. The van der Waals surface area contributed by atoms with Crippen molar-refractivity contribution in [2.24, 2.45) is 0 Å². The van der Waals surface area contributed by atoms with Crippen LogP contribution < -0.4 is 5.32 Å². The lowest BCUT2D eigenvalue weighted by atomic mass is 10.3. The molecule has 0 bridgehead atoms. The second kappa shape index (κ2) is 7.34. The highest BCUT2D eigenvalue weighted by Crippen LogP contribution is 2.20. The Hall–Kier alpha value is -1.23. The van der Waals surface area contributed by atoms with Crippen molar-refractivity contribution in [3.8, 4) is 0 Å². The minimum absolute atomic E-state index is 0.131. The van der Waals surface area contributed by atoms with Crippen LogP contribution >= 0.6 is 11.3 Å². The van der Waals surface area contributed by atoms with Gasteiger partial charge in [-0.05, 0) is 19.3 Å². The SMILES string of the molecule is CNc1nc(C(=O)N2CCCN(S(=O)(=O)N3CCCC3)CC2)cs1. The lowest BCUT2D eigenvalue weighted by Gasteiger charge is -2.26. The number of nitrogens with zero attached hydrogens (tertiary/aromatic N) is 4. The van der Waals surface area contributed by atoms with E-state index in [2.05, 4.69) is 10.3 Å². The van der Waals surface area contributed by atoms with Crippen LogP contribution in [0.5, 0.6) is 0 Å². The summed E-state index contributed by atoms with van der Waals surface area (Å²) in [6.07, 6.45) is 2.49. The quantitative estimate of drug-likeness (QED) is 0.839. The van der Waals surface area contributed by atoms with Gasteiger partial charge >= 0.3 is 0 Å². The molecular weight excluding hydrogens is 350 g/mol. The third-order valence-corrected chi connectivity index (χ3v) is 7.29. The number of thiazole rings is 1. The zero-order valence-corrected chi connectivity index (χ0v) is 15.4. The number of aromatic nitrogens is 1. The third kappa shape index (κ3) is 3.56. The maximum Gasteiger partial charge on any atom is 0.282 e. The number of hydrogen-bond donors (Lipinski definition) is 1. The van der Waals surface area contributed by atoms with E-state index in [0.29, 0.717) is 56.5 Å². The van der Waals surface area contributed by atoms with Crippen LogP contribution in [0.25, 0.3) is 0 Å². The van der Waals surface area contributed by atoms with Gasteiger partial charge in [0.25, 0.3) is 16.1 Å². The molecule has 2 aliphatic heterocycles. The Balaban J connectivity index is 1.65. The molecule has 2 fully saturated rings. The van der Waals surface area contributed by atoms with Crippen LogP contribution in [0.2, 0.25) is 0 Å². The summed E-state index contributed by atoms with van der Waals surface area (Å²) in [5.41, 5.74) is 0.417. The number of nitrogens with one attached hydrogen (secondary N) is 1. The van der Waals surface area contributed by atoms with Crippen molar-refractivity contribution in [1.82, 2.24) is 18.5 Å². The maximum atomic E-state index is 12.7. The van der Waals surface area contributed by atoms with Crippen LogP contribution in [0, 0.1) is 0 Å². The molecule has 24 heavy (non-hydrogen) atoms. The van der Waals surface area contributed by atoms with E-state index in [1.165, 1.54) is 15.6 Å². The van der Waals surface area contributed by atoms with E-state index in [1.807, 2.05) is 0 Å². The Morgan fingerprint density at radius 1 is 1.08 bits per heavy atom. The minimum atomic E-state index is -3.39. The zero-order chi connectivity index (χ0) is 17.2. The highest BCUT2D eigenvalue weighted by Gasteiger charge is 2.33. The normalized spacial score (nSPS) is 21.0. The maximum absolute atomic E-state index is 12.7. The van der Waals surface area contributed by atoms with E-state index in [-0.39, 0.29) is 5.91 Å². The minimum Gasteiger partial charge on any atom is -0.365 e. The largest absolute Gasteiger partial charge is 0.365 e. The van der Waals surface area contributed by atoms with Gasteiger partial charge in [-0.25, -0.2) is 4.98 Å². The molecule has 0 radical (unpaired) electrons. The van der Waals surface area contributed by atoms with Gasteiger partial charge in [-0.3, -0.25) is 4.79 Å².